The molecule has 106 valence electrons. The van der Waals surface area contributed by atoms with Gasteiger partial charge in [-0.05, 0) is 31.5 Å². The number of nitrogens with zero attached hydrogens (tertiary/aromatic N) is 3. The maximum Gasteiger partial charge on any atom is 0.339 e. The first-order valence-electron chi connectivity index (χ1n) is 6.67. The fourth-order valence-corrected chi connectivity index (χ4v) is 2.50. The number of pyridine rings is 1. The molecule has 1 aromatic carbocycles. The van der Waals surface area contributed by atoms with Gasteiger partial charge in [-0.15, -0.1) is 0 Å². The minimum Gasteiger partial charge on any atom is -0.478 e. The molecule has 0 aliphatic heterocycles. The second-order valence-corrected chi connectivity index (χ2v) is 5.05. The number of aromatic carboxylic acids is 1. The fraction of sp³-hybridized carbons (Fsp3) is 0.188. The highest BCUT2D eigenvalue weighted by Crippen LogP contribution is 2.20. The monoisotopic (exact) mass is 281 g/mol. The first-order valence-corrected chi connectivity index (χ1v) is 6.67. The first-order chi connectivity index (χ1) is 10.1. The van der Waals surface area contributed by atoms with Gasteiger partial charge in [-0.2, -0.15) is 5.10 Å². The first kappa shape index (κ1) is 13.3. The lowest BCUT2D eigenvalue weighted by atomic mass is 10.1. The Morgan fingerprint density at radius 1 is 1.29 bits per heavy atom. The van der Waals surface area contributed by atoms with Crippen LogP contribution in [0, 0.1) is 13.8 Å². The molecule has 0 aliphatic rings. The lowest BCUT2D eigenvalue weighted by Crippen LogP contribution is -2.07. The van der Waals surface area contributed by atoms with Crippen molar-refractivity contribution in [3.63, 3.8) is 0 Å². The summed E-state index contributed by atoms with van der Waals surface area (Å²) >= 11 is 0. The van der Waals surface area contributed by atoms with E-state index in [-0.39, 0.29) is 5.56 Å². The highest BCUT2D eigenvalue weighted by Gasteiger charge is 2.14. The number of para-hydroxylation sites is 1. The minimum absolute atomic E-state index is 0.241. The molecule has 0 unspecified atom stereocenters. The predicted octanol–water partition coefficient (Wildman–Crippen LogP) is 2.79. The topological polar surface area (TPSA) is 68.0 Å². The van der Waals surface area contributed by atoms with Crippen molar-refractivity contribution in [2.45, 2.75) is 20.4 Å². The van der Waals surface area contributed by atoms with Crippen LogP contribution in [0.2, 0.25) is 0 Å². The van der Waals surface area contributed by atoms with E-state index < -0.39 is 5.97 Å². The van der Waals surface area contributed by atoms with Gasteiger partial charge in [0.15, 0.2) is 0 Å². The molecule has 0 fully saturated rings. The van der Waals surface area contributed by atoms with E-state index in [1.165, 1.54) is 6.20 Å². The second-order valence-electron chi connectivity index (χ2n) is 5.05. The van der Waals surface area contributed by atoms with Crippen molar-refractivity contribution in [3.05, 3.63) is 59.0 Å². The predicted molar refractivity (Wildman–Crippen MR) is 79.5 cm³/mol. The Morgan fingerprint density at radius 2 is 2.05 bits per heavy atom. The average molecular weight is 281 g/mol. The van der Waals surface area contributed by atoms with Gasteiger partial charge in [0.05, 0.1) is 24.0 Å². The van der Waals surface area contributed by atoms with Crippen LogP contribution < -0.4 is 0 Å². The number of carboxylic acid groups (broad SMARTS) is 1. The molecule has 0 saturated heterocycles. The van der Waals surface area contributed by atoms with E-state index >= 15 is 0 Å². The van der Waals surface area contributed by atoms with Gasteiger partial charge in [0, 0.05) is 11.1 Å². The number of carboxylic acids is 1. The third-order valence-corrected chi connectivity index (χ3v) is 3.58. The molecule has 0 atom stereocenters. The highest BCUT2D eigenvalue weighted by molar-refractivity contribution is 5.88. The Kier molecular flexibility index (Phi) is 3.17. The fourth-order valence-electron chi connectivity index (χ4n) is 2.50. The van der Waals surface area contributed by atoms with Crippen LogP contribution in [0.3, 0.4) is 0 Å². The Labute approximate surface area is 121 Å². The van der Waals surface area contributed by atoms with Crippen LogP contribution in [0.15, 0.2) is 36.5 Å². The van der Waals surface area contributed by atoms with E-state index in [9.17, 15) is 4.79 Å². The van der Waals surface area contributed by atoms with Crippen molar-refractivity contribution in [2.75, 3.05) is 0 Å². The number of benzene rings is 1. The molecule has 0 bridgehead atoms. The van der Waals surface area contributed by atoms with Crippen molar-refractivity contribution < 1.29 is 9.90 Å². The number of hydrogen-bond donors (Lipinski definition) is 1. The summed E-state index contributed by atoms with van der Waals surface area (Å²) in [6.07, 6.45) is 1.40. The summed E-state index contributed by atoms with van der Waals surface area (Å²) in [5.74, 6) is -0.950. The summed E-state index contributed by atoms with van der Waals surface area (Å²) in [6.45, 7) is 4.25. The molecule has 0 saturated carbocycles. The smallest absolute Gasteiger partial charge is 0.339 e. The zero-order chi connectivity index (χ0) is 15.0. The third-order valence-electron chi connectivity index (χ3n) is 3.58. The molecule has 3 rings (SSSR count). The van der Waals surface area contributed by atoms with E-state index in [4.69, 9.17) is 5.11 Å². The van der Waals surface area contributed by atoms with Crippen LogP contribution in [0.5, 0.6) is 0 Å². The van der Waals surface area contributed by atoms with E-state index in [1.807, 2.05) is 37.3 Å². The van der Waals surface area contributed by atoms with Gasteiger partial charge in [0.1, 0.15) is 5.56 Å². The second kappa shape index (κ2) is 5.01. The molecule has 5 heteroatoms. The van der Waals surface area contributed by atoms with Crippen molar-refractivity contribution in [3.8, 4) is 0 Å². The van der Waals surface area contributed by atoms with Crippen molar-refractivity contribution in [1.82, 2.24) is 14.8 Å². The molecule has 21 heavy (non-hydrogen) atoms. The van der Waals surface area contributed by atoms with Crippen molar-refractivity contribution in [1.29, 1.82) is 0 Å². The molecule has 0 spiro atoms. The molecule has 0 amide bonds. The molecule has 0 aliphatic carbocycles. The van der Waals surface area contributed by atoms with Crippen LogP contribution in [0.1, 0.15) is 27.3 Å². The summed E-state index contributed by atoms with van der Waals surface area (Å²) in [7, 11) is 0. The van der Waals surface area contributed by atoms with Gasteiger partial charge in [-0.1, -0.05) is 18.2 Å². The maximum atomic E-state index is 11.1. The van der Waals surface area contributed by atoms with Crippen molar-refractivity contribution in [2.24, 2.45) is 0 Å². The van der Waals surface area contributed by atoms with E-state index in [0.29, 0.717) is 12.2 Å². The number of hydrogen-bond acceptors (Lipinski definition) is 3. The number of fused-ring (bicyclic) bond motifs is 1. The zero-order valence-electron chi connectivity index (χ0n) is 11.9. The summed E-state index contributed by atoms with van der Waals surface area (Å²) in [6, 6.07) is 9.95. The molecule has 2 heterocycles. The maximum absolute atomic E-state index is 11.1. The largest absolute Gasteiger partial charge is 0.478 e. The molecule has 2 aromatic heterocycles. The molecular weight excluding hydrogens is 266 g/mol. The summed E-state index contributed by atoms with van der Waals surface area (Å²) in [4.78, 5) is 15.6. The number of carbonyl (C=O) groups is 1. The minimum atomic E-state index is -0.950. The highest BCUT2D eigenvalue weighted by atomic mass is 16.4. The molecule has 5 nitrogen and oxygen atoms in total. The standard InChI is InChI=1S/C16H15N3O2/c1-10-7-12(13-5-3-4-6-15(13)18-10)9-19-11(2)14(8-17-19)16(20)21/h3-8H,9H2,1-2H3,(H,20,21). The van der Waals surface area contributed by atoms with E-state index in [2.05, 4.69) is 10.1 Å². The lowest BCUT2D eigenvalue weighted by Gasteiger charge is -2.09. The SMILES string of the molecule is Cc1cc(Cn2ncc(C(=O)O)c2C)c2ccccc2n1. The number of rotatable bonds is 3. The molecular formula is C16H15N3O2. The Morgan fingerprint density at radius 3 is 2.76 bits per heavy atom. The van der Waals surface area contributed by atoms with Gasteiger partial charge in [0.2, 0.25) is 0 Å². The quantitative estimate of drug-likeness (QED) is 0.801. The third kappa shape index (κ3) is 2.38. The Hall–Kier alpha value is -2.69. The van der Waals surface area contributed by atoms with Gasteiger partial charge in [-0.3, -0.25) is 9.67 Å². The van der Waals surface area contributed by atoms with Crippen LogP contribution >= 0.6 is 0 Å². The van der Waals surface area contributed by atoms with Crippen LogP contribution in [0.25, 0.3) is 10.9 Å². The van der Waals surface area contributed by atoms with E-state index in [1.54, 1.807) is 11.6 Å². The summed E-state index contributed by atoms with van der Waals surface area (Å²) in [5.41, 5.74) is 3.86. The molecule has 0 radical (unpaired) electrons. The molecule has 1 N–H and O–H groups in total. The molecule has 3 aromatic rings. The Balaban J connectivity index is 2.08. The zero-order valence-corrected chi connectivity index (χ0v) is 11.9. The van der Waals surface area contributed by atoms with Crippen LogP contribution in [-0.2, 0) is 6.54 Å². The van der Waals surface area contributed by atoms with Crippen LogP contribution in [0.4, 0.5) is 0 Å². The van der Waals surface area contributed by atoms with Gasteiger partial charge < -0.3 is 5.11 Å². The summed E-state index contributed by atoms with van der Waals surface area (Å²) < 4.78 is 1.71. The van der Waals surface area contributed by atoms with Crippen molar-refractivity contribution >= 4 is 16.9 Å². The lowest BCUT2D eigenvalue weighted by molar-refractivity contribution is 0.0696. The van der Waals surface area contributed by atoms with Gasteiger partial charge in [0.25, 0.3) is 0 Å². The number of aromatic nitrogens is 3. The number of aryl methyl sites for hydroxylation is 1. The Bertz CT molecular complexity index is 837. The van der Waals surface area contributed by atoms with Gasteiger partial charge >= 0.3 is 5.97 Å². The normalized spacial score (nSPS) is 11.0. The van der Waals surface area contributed by atoms with Gasteiger partial charge in [-0.25, -0.2) is 4.79 Å². The summed E-state index contributed by atoms with van der Waals surface area (Å²) in [5, 5.41) is 14.3. The van der Waals surface area contributed by atoms with Crippen LogP contribution in [-0.4, -0.2) is 25.8 Å². The average Bonchev–Trinajstić information content (AvgIpc) is 2.80. The van der Waals surface area contributed by atoms with E-state index in [0.717, 1.165) is 22.2 Å².